The van der Waals surface area contributed by atoms with Gasteiger partial charge in [-0.25, -0.2) is 0 Å². The topological polar surface area (TPSA) is 41.5 Å². The molecule has 4 heteroatoms. The van der Waals surface area contributed by atoms with Crippen molar-refractivity contribution in [2.24, 2.45) is 0 Å². The van der Waals surface area contributed by atoms with Crippen molar-refractivity contribution in [2.45, 2.75) is 38.8 Å². The molecule has 0 bridgehead atoms. The third-order valence-corrected chi connectivity index (χ3v) is 4.32. The average Bonchev–Trinajstić information content (AvgIpc) is 2.65. The second-order valence-electron chi connectivity index (χ2n) is 6.29. The molecule has 0 spiro atoms. The van der Waals surface area contributed by atoms with E-state index in [4.69, 9.17) is 4.74 Å². The van der Waals surface area contributed by atoms with Crippen LogP contribution >= 0.6 is 12.4 Å². The van der Waals surface area contributed by atoms with Crippen LogP contribution in [0.3, 0.4) is 0 Å². The lowest BCUT2D eigenvalue weighted by Gasteiger charge is -2.19. The van der Waals surface area contributed by atoms with Gasteiger partial charge in [0, 0.05) is 12.6 Å². The van der Waals surface area contributed by atoms with Crippen LogP contribution in [0.1, 0.15) is 36.6 Å². The van der Waals surface area contributed by atoms with Crippen molar-refractivity contribution < 1.29 is 9.84 Å². The summed E-state index contributed by atoms with van der Waals surface area (Å²) in [5, 5.41) is 13.6. The van der Waals surface area contributed by atoms with E-state index in [0.717, 1.165) is 24.2 Å². The summed E-state index contributed by atoms with van der Waals surface area (Å²) in [7, 11) is 0. The number of aliphatic hydroxyl groups excluding tert-OH is 1. The largest absolute Gasteiger partial charge is 0.491 e. The molecule has 0 aromatic heterocycles. The Morgan fingerprint density at radius 2 is 1.85 bits per heavy atom. The Balaban J connectivity index is 0.00000338. The molecule has 3 nitrogen and oxygen atoms in total. The van der Waals surface area contributed by atoms with E-state index in [2.05, 4.69) is 50.0 Å². The fraction of sp³-hybridized carbons (Fsp3) is 0.364. The summed E-state index contributed by atoms with van der Waals surface area (Å²) in [4.78, 5) is 0. The molecule has 142 valence electrons. The molecule has 0 heterocycles. The van der Waals surface area contributed by atoms with E-state index in [1.54, 1.807) is 0 Å². The smallest absolute Gasteiger partial charge is 0.122 e. The first-order chi connectivity index (χ1) is 12.1. The molecule has 26 heavy (non-hydrogen) atoms. The zero-order chi connectivity index (χ0) is 18.1. The van der Waals surface area contributed by atoms with E-state index in [0.29, 0.717) is 6.54 Å². The monoisotopic (exact) mass is 375 g/mol. The molecule has 0 amide bonds. The molecule has 2 aromatic rings. The van der Waals surface area contributed by atoms with Crippen LogP contribution in [0.25, 0.3) is 0 Å². The van der Waals surface area contributed by atoms with Gasteiger partial charge >= 0.3 is 0 Å². The van der Waals surface area contributed by atoms with E-state index in [1.165, 1.54) is 11.1 Å². The molecule has 0 fully saturated rings. The number of aryl methyl sites for hydroxylation is 1. The Hall–Kier alpha value is -1.81. The predicted molar refractivity (Wildman–Crippen MR) is 111 cm³/mol. The van der Waals surface area contributed by atoms with E-state index in [1.807, 2.05) is 30.3 Å². The molecule has 0 radical (unpaired) electrons. The van der Waals surface area contributed by atoms with Crippen LogP contribution in [0.5, 0.6) is 5.75 Å². The minimum Gasteiger partial charge on any atom is -0.491 e. The Labute approximate surface area is 163 Å². The van der Waals surface area contributed by atoms with Crippen LogP contribution in [0.4, 0.5) is 0 Å². The molecular weight excluding hydrogens is 346 g/mol. The average molecular weight is 376 g/mol. The van der Waals surface area contributed by atoms with Gasteiger partial charge in [-0.2, -0.15) is 0 Å². The number of nitrogens with one attached hydrogen (secondary N) is 1. The van der Waals surface area contributed by atoms with Crippen LogP contribution < -0.4 is 10.1 Å². The summed E-state index contributed by atoms with van der Waals surface area (Å²) in [6.45, 7) is 8.78. The Bertz CT molecular complexity index is 657. The van der Waals surface area contributed by atoms with Crippen molar-refractivity contribution in [2.75, 3.05) is 13.2 Å². The lowest BCUT2D eigenvalue weighted by atomic mass is 10.0. The number of ether oxygens (including phenoxy) is 1. The molecule has 0 aliphatic carbocycles. The van der Waals surface area contributed by atoms with Gasteiger partial charge in [-0.15, -0.1) is 19.0 Å². The number of rotatable bonds is 10. The maximum absolute atomic E-state index is 10.2. The summed E-state index contributed by atoms with van der Waals surface area (Å²) in [6, 6.07) is 16.7. The van der Waals surface area contributed by atoms with E-state index >= 15 is 0 Å². The van der Waals surface area contributed by atoms with Gasteiger partial charge < -0.3 is 15.2 Å². The van der Waals surface area contributed by atoms with Crippen LogP contribution in [0, 0.1) is 0 Å². The van der Waals surface area contributed by atoms with Crippen molar-refractivity contribution >= 4 is 12.4 Å². The standard InChI is InChI=1S/C22H29NO2.ClH/c1-4-8-20-9-6-7-10-22(20)25-16-21(24)15-23-17(3)19-13-11-18(5-2)12-14-19;/h4,6-7,9-14,17,21,23-24H,1,5,8,15-16H2,2-3H3;1H. The van der Waals surface area contributed by atoms with Crippen LogP contribution in [0.15, 0.2) is 61.2 Å². The van der Waals surface area contributed by atoms with Gasteiger partial charge in [-0.3, -0.25) is 0 Å². The van der Waals surface area contributed by atoms with Gasteiger partial charge in [0.25, 0.3) is 0 Å². The number of halogens is 1. The van der Waals surface area contributed by atoms with Crippen LogP contribution in [-0.4, -0.2) is 24.4 Å². The quantitative estimate of drug-likeness (QED) is 0.601. The molecule has 2 atom stereocenters. The van der Waals surface area contributed by atoms with Crippen molar-refractivity contribution in [3.8, 4) is 5.75 Å². The first-order valence-corrected chi connectivity index (χ1v) is 8.96. The Kier molecular flexibility index (Phi) is 10.0. The highest BCUT2D eigenvalue weighted by Gasteiger charge is 2.10. The number of benzene rings is 2. The summed E-state index contributed by atoms with van der Waals surface area (Å²) >= 11 is 0. The van der Waals surface area contributed by atoms with Crippen molar-refractivity contribution in [3.63, 3.8) is 0 Å². The van der Waals surface area contributed by atoms with Crippen LogP contribution in [0.2, 0.25) is 0 Å². The summed E-state index contributed by atoms with van der Waals surface area (Å²) in [5.41, 5.74) is 3.64. The molecule has 0 saturated carbocycles. The first kappa shape index (κ1) is 22.2. The van der Waals surface area contributed by atoms with Gasteiger partial charge in [-0.05, 0) is 42.5 Å². The molecule has 2 unspecified atom stereocenters. The number of allylic oxidation sites excluding steroid dienone is 1. The molecule has 2 rings (SSSR count). The zero-order valence-electron chi connectivity index (χ0n) is 15.7. The molecular formula is C22H30ClNO2. The molecule has 0 aliphatic rings. The summed E-state index contributed by atoms with van der Waals surface area (Å²) in [5.74, 6) is 0.810. The summed E-state index contributed by atoms with van der Waals surface area (Å²) in [6.07, 6.45) is 3.10. The van der Waals surface area contributed by atoms with Crippen molar-refractivity contribution in [3.05, 3.63) is 77.9 Å². The molecule has 0 saturated heterocycles. The maximum Gasteiger partial charge on any atom is 0.122 e. The predicted octanol–water partition coefficient (Wildman–Crippen LogP) is 4.49. The second-order valence-corrected chi connectivity index (χ2v) is 6.29. The fourth-order valence-electron chi connectivity index (χ4n) is 2.69. The highest BCUT2D eigenvalue weighted by molar-refractivity contribution is 5.85. The molecule has 0 aliphatic heterocycles. The lowest BCUT2D eigenvalue weighted by Crippen LogP contribution is -2.33. The van der Waals surface area contributed by atoms with Crippen LogP contribution in [-0.2, 0) is 12.8 Å². The fourth-order valence-corrected chi connectivity index (χ4v) is 2.69. The highest BCUT2D eigenvalue weighted by Crippen LogP contribution is 2.19. The summed E-state index contributed by atoms with van der Waals surface area (Å²) < 4.78 is 5.78. The zero-order valence-corrected chi connectivity index (χ0v) is 16.5. The minimum absolute atomic E-state index is 0. The normalized spacial score (nSPS) is 12.7. The number of hydrogen-bond donors (Lipinski definition) is 2. The number of hydrogen-bond acceptors (Lipinski definition) is 3. The molecule has 2 N–H and O–H groups in total. The third kappa shape index (κ3) is 6.83. The maximum atomic E-state index is 10.2. The van der Waals surface area contributed by atoms with Gasteiger partial charge in [0.15, 0.2) is 0 Å². The molecule has 2 aromatic carbocycles. The van der Waals surface area contributed by atoms with Crippen molar-refractivity contribution in [1.29, 1.82) is 0 Å². The highest BCUT2D eigenvalue weighted by atomic mass is 35.5. The van der Waals surface area contributed by atoms with Gasteiger partial charge in [0.2, 0.25) is 0 Å². The number of aliphatic hydroxyl groups is 1. The first-order valence-electron chi connectivity index (χ1n) is 8.96. The number of para-hydroxylation sites is 1. The SMILES string of the molecule is C=CCc1ccccc1OCC(O)CNC(C)c1ccc(CC)cc1.Cl. The van der Waals surface area contributed by atoms with Gasteiger partial charge in [-0.1, -0.05) is 55.5 Å². The van der Waals surface area contributed by atoms with Gasteiger partial charge in [0.1, 0.15) is 18.5 Å². The third-order valence-electron chi connectivity index (χ3n) is 4.32. The van der Waals surface area contributed by atoms with Gasteiger partial charge in [0.05, 0.1) is 0 Å². The Morgan fingerprint density at radius 3 is 2.50 bits per heavy atom. The van der Waals surface area contributed by atoms with E-state index < -0.39 is 6.10 Å². The van der Waals surface area contributed by atoms with Crippen molar-refractivity contribution in [1.82, 2.24) is 5.32 Å². The lowest BCUT2D eigenvalue weighted by molar-refractivity contribution is 0.104. The van der Waals surface area contributed by atoms with E-state index in [-0.39, 0.29) is 25.1 Å². The second kappa shape index (κ2) is 11.7. The van der Waals surface area contributed by atoms with E-state index in [9.17, 15) is 5.11 Å². The Morgan fingerprint density at radius 1 is 1.15 bits per heavy atom. The minimum atomic E-state index is -0.561.